The second-order valence-electron chi connectivity index (χ2n) is 5.47. The third-order valence-electron chi connectivity index (χ3n) is 3.76. The molecular weight excluding hydrogens is 252 g/mol. The summed E-state index contributed by atoms with van der Waals surface area (Å²) in [7, 11) is 3.87. The second kappa shape index (κ2) is 8.12. The summed E-state index contributed by atoms with van der Waals surface area (Å²) in [6.07, 6.45) is 2.66. The first-order chi connectivity index (χ1) is 9.79. The Hall–Kier alpha value is -1.26. The molecule has 1 heterocycles. The van der Waals surface area contributed by atoms with Crippen molar-refractivity contribution in [3.05, 3.63) is 24.3 Å². The zero-order valence-electron chi connectivity index (χ0n) is 12.6. The summed E-state index contributed by atoms with van der Waals surface area (Å²) in [6, 6.07) is 7.77. The van der Waals surface area contributed by atoms with Gasteiger partial charge in [-0.1, -0.05) is 12.1 Å². The Kier molecular flexibility index (Phi) is 6.15. The number of para-hydroxylation sites is 2. The minimum atomic E-state index is 0.670. The topological polar surface area (TPSA) is 33.7 Å². The molecule has 1 aliphatic heterocycles. The van der Waals surface area contributed by atoms with Crippen molar-refractivity contribution >= 4 is 0 Å². The van der Waals surface area contributed by atoms with Crippen LogP contribution in [0, 0.1) is 5.92 Å². The quantitative estimate of drug-likeness (QED) is 0.774. The smallest absolute Gasteiger partial charge is 0.161 e. The summed E-state index contributed by atoms with van der Waals surface area (Å²) >= 11 is 0. The van der Waals surface area contributed by atoms with E-state index < -0.39 is 0 Å². The van der Waals surface area contributed by atoms with Crippen LogP contribution in [0.2, 0.25) is 0 Å². The molecule has 1 aromatic carbocycles. The largest absolute Gasteiger partial charge is 0.493 e. The Morgan fingerprint density at radius 1 is 1.30 bits per heavy atom. The van der Waals surface area contributed by atoms with E-state index in [4.69, 9.17) is 9.47 Å². The zero-order valence-corrected chi connectivity index (χ0v) is 12.6. The maximum atomic E-state index is 5.74. The molecule has 20 heavy (non-hydrogen) atoms. The van der Waals surface area contributed by atoms with Crippen molar-refractivity contribution in [2.75, 3.05) is 46.9 Å². The minimum absolute atomic E-state index is 0.670. The average Bonchev–Trinajstić information content (AvgIpc) is 2.47. The lowest BCUT2D eigenvalue weighted by Crippen LogP contribution is -2.38. The molecule has 0 spiro atoms. The third kappa shape index (κ3) is 4.69. The SMILES string of the molecule is COc1ccccc1OCCNCC1CCCN(C)C1. The number of nitrogens with zero attached hydrogens (tertiary/aromatic N) is 1. The van der Waals surface area contributed by atoms with E-state index in [1.807, 2.05) is 24.3 Å². The Labute approximate surface area is 122 Å². The molecule has 2 rings (SSSR count). The van der Waals surface area contributed by atoms with E-state index in [-0.39, 0.29) is 0 Å². The van der Waals surface area contributed by atoms with Crippen LogP contribution in [0.25, 0.3) is 0 Å². The lowest BCUT2D eigenvalue weighted by molar-refractivity contribution is 0.203. The highest BCUT2D eigenvalue weighted by Gasteiger charge is 2.16. The number of methoxy groups -OCH3 is 1. The summed E-state index contributed by atoms with van der Waals surface area (Å²) in [5, 5.41) is 3.49. The van der Waals surface area contributed by atoms with Gasteiger partial charge in [-0.25, -0.2) is 0 Å². The van der Waals surface area contributed by atoms with E-state index in [0.717, 1.165) is 30.5 Å². The lowest BCUT2D eigenvalue weighted by atomic mass is 9.98. The number of nitrogens with one attached hydrogen (secondary N) is 1. The van der Waals surface area contributed by atoms with Crippen molar-refractivity contribution < 1.29 is 9.47 Å². The average molecular weight is 278 g/mol. The number of benzene rings is 1. The molecule has 4 nitrogen and oxygen atoms in total. The van der Waals surface area contributed by atoms with Gasteiger partial charge in [0.05, 0.1) is 7.11 Å². The van der Waals surface area contributed by atoms with Gasteiger partial charge in [0.25, 0.3) is 0 Å². The molecule has 1 unspecified atom stereocenters. The molecule has 0 bridgehead atoms. The van der Waals surface area contributed by atoms with Crippen LogP contribution in [0.3, 0.4) is 0 Å². The Bertz CT molecular complexity index is 398. The normalized spacial score (nSPS) is 19.8. The van der Waals surface area contributed by atoms with E-state index in [2.05, 4.69) is 17.3 Å². The van der Waals surface area contributed by atoms with E-state index in [1.54, 1.807) is 7.11 Å². The van der Waals surface area contributed by atoms with Crippen molar-refractivity contribution in [2.24, 2.45) is 5.92 Å². The van der Waals surface area contributed by atoms with E-state index in [1.165, 1.54) is 25.9 Å². The van der Waals surface area contributed by atoms with Gasteiger partial charge in [-0.2, -0.15) is 0 Å². The van der Waals surface area contributed by atoms with Gasteiger partial charge in [0, 0.05) is 13.1 Å². The number of piperidine rings is 1. The molecule has 1 aromatic rings. The van der Waals surface area contributed by atoms with Gasteiger partial charge in [-0.05, 0) is 51.0 Å². The number of rotatable bonds is 7. The molecule has 1 fully saturated rings. The molecule has 1 N–H and O–H groups in total. The fourth-order valence-corrected chi connectivity index (χ4v) is 2.72. The lowest BCUT2D eigenvalue weighted by Gasteiger charge is -2.29. The molecule has 1 aliphatic rings. The number of hydrogen-bond acceptors (Lipinski definition) is 4. The van der Waals surface area contributed by atoms with Gasteiger partial charge in [0.2, 0.25) is 0 Å². The van der Waals surface area contributed by atoms with Gasteiger partial charge < -0.3 is 19.7 Å². The number of hydrogen-bond donors (Lipinski definition) is 1. The molecule has 1 atom stereocenters. The van der Waals surface area contributed by atoms with Crippen LogP contribution in [-0.2, 0) is 0 Å². The summed E-state index contributed by atoms with van der Waals surface area (Å²) in [4.78, 5) is 2.42. The highest BCUT2D eigenvalue weighted by Crippen LogP contribution is 2.25. The monoisotopic (exact) mass is 278 g/mol. The summed E-state index contributed by atoms with van der Waals surface area (Å²) in [6.45, 7) is 5.08. The molecule has 4 heteroatoms. The van der Waals surface area contributed by atoms with Gasteiger partial charge in [-0.15, -0.1) is 0 Å². The fourth-order valence-electron chi connectivity index (χ4n) is 2.72. The Morgan fingerprint density at radius 3 is 2.85 bits per heavy atom. The van der Waals surface area contributed by atoms with Crippen LogP contribution in [0.15, 0.2) is 24.3 Å². The molecule has 0 aromatic heterocycles. The van der Waals surface area contributed by atoms with Gasteiger partial charge >= 0.3 is 0 Å². The van der Waals surface area contributed by atoms with E-state index in [0.29, 0.717) is 6.61 Å². The Morgan fingerprint density at radius 2 is 2.10 bits per heavy atom. The van der Waals surface area contributed by atoms with Crippen molar-refractivity contribution in [1.82, 2.24) is 10.2 Å². The highest BCUT2D eigenvalue weighted by atomic mass is 16.5. The second-order valence-corrected chi connectivity index (χ2v) is 5.47. The van der Waals surface area contributed by atoms with Crippen molar-refractivity contribution in [1.29, 1.82) is 0 Å². The first-order valence-corrected chi connectivity index (χ1v) is 7.44. The van der Waals surface area contributed by atoms with Crippen LogP contribution >= 0.6 is 0 Å². The molecule has 0 radical (unpaired) electrons. The van der Waals surface area contributed by atoms with Crippen molar-refractivity contribution in [3.63, 3.8) is 0 Å². The molecule has 0 saturated carbocycles. The summed E-state index contributed by atoms with van der Waals surface area (Å²) < 4.78 is 11.0. The van der Waals surface area contributed by atoms with E-state index >= 15 is 0 Å². The van der Waals surface area contributed by atoms with Crippen LogP contribution in [0.5, 0.6) is 11.5 Å². The number of ether oxygens (including phenoxy) is 2. The molecule has 0 amide bonds. The van der Waals surface area contributed by atoms with E-state index in [9.17, 15) is 0 Å². The summed E-state index contributed by atoms with van der Waals surface area (Å²) in [5.41, 5.74) is 0. The van der Waals surface area contributed by atoms with Crippen LogP contribution in [-0.4, -0.2) is 51.8 Å². The van der Waals surface area contributed by atoms with Crippen LogP contribution in [0.4, 0.5) is 0 Å². The minimum Gasteiger partial charge on any atom is -0.493 e. The number of likely N-dealkylation sites (tertiary alicyclic amines) is 1. The first-order valence-electron chi connectivity index (χ1n) is 7.44. The van der Waals surface area contributed by atoms with Crippen LogP contribution < -0.4 is 14.8 Å². The maximum absolute atomic E-state index is 5.74. The van der Waals surface area contributed by atoms with Crippen LogP contribution in [0.1, 0.15) is 12.8 Å². The molecule has 112 valence electrons. The molecule has 0 aliphatic carbocycles. The van der Waals surface area contributed by atoms with Crippen molar-refractivity contribution in [3.8, 4) is 11.5 Å². The fraction of sp³-hybridized carbons (Fsp3) is 0.625. The first kappa shape index (κ1) is 15.1. The third-order valence-corrected chi connectivity index (χ3v) is 3.76. The highest BCUT2D eigenvalue weighted by molar-refractivity contribution is 5.39. The maximum Gasteiger partial charge on any atom is 0.161 e. The predicted molar refractivity (Wildman–Crippen MR) is 81.6 cm³/mol. The summed E-state index contributed by atoms with van der Waals surface area (Å²) in [5.74, 6) is 2.38. The van der Waals surface area contributed by atoms with Gasteiger partial charge in [0.15, 0.2) is 11.5 Å². The van der Waals surface area contributed by atoms with Gasteiger partial charge in [-0.3, -0.25) is 0 Å². The zero-order chi connectivity index (χ0) is 14.2. The van der Waals surface area contributed by atoms with Crippen molar-refractivity contribution in [2.45, 2.75) is 12.8 Å². The predicted octanol–water partition coefficient (Wildman–Crippen LogP) is 2.01. The standard InChI is InChI=1S/C16H26N2O2/c1-18-10-5-6-14(13-18)12-17-9-11-20-16-8-4-3-7-15(16)19-2/h3-4,7-8,14,17H,5-6,9-13H2,1-2H3. The Balaban J connectivity index is 1.61. The molecular formula is C16H26N2O2. The molecule has 1 saturated heterocycles. The van der Waals surface area contributed by atoms with Gasteiger partial charge in [0.1, 0.15) is 6.61 Å².